The number of aliphatic carboxylic acids is 1. The molecule has 25 heavy (non-hydrogen) atoms. The van der Waals surface area contributed by atoms with Crippen LogP contribution in [0.4, 0.5) is 5.69 Å². The number of hydrogen-bond donors (Lipinski definition) is 1. The van der Waals surface area contributed by atoms with Crippen LogP contribution in [0.1, 0.15) is 12.0 Å². The summed E-state index contributed by atoms with van der Waals surface area (Å²) < 4.78 is 0. The van der Waals surface area contributed by atoms with E-state index in [0.717, 1.165) is 5.56 Å². The lowest BCUT2D eigenvalue weighted by atomic mass is 10.1. The summed E-state index contributed by atoms with van der Waals surface area (Å²) in [6.45, 7) is 0.496. The number of para-hydroxylation sites is 1. The summed E-state index contributed by atoms with van der Waals surface area (Å²) in [7, 11) is 0. The number of thiocarbonyl (C=S) groups is 1. The number of nitrogens with zero attached hydrogens (tertiary/aromatic N) is 2. The van der Waals surface area contributed by atoms with E-state index in [1.165, 1.54) is 4.90 Å². The number of rotatable bonds is 6. The van der Waals surface area contributed by atoms with Gasteiger partial charge in [-0.25, -0.2) is 0 Å². The molecule has 0 bridgehead atoms. The third kappa shape index (κ3) is 3.69. The van der Waals surface area contributed by atoms with Gasteiger partial charge in [-0.3, -0.25) is 14.5 Å². The smallest absolute Gasteiger partial charge is 0.305 e. The molecule has 128 valence electrons. The molecule has 0 aromatic heterocycles. The zero-order valence-electron chi connectivity index (χ0n) is 13.5. The number of carbonyl (C=O) groups is 2. The summed E-state index contributed by atoms with van der Waals surface area (Å²) in [4.78, 5) is 27.2. The normalized spacial score (nSPS) is 17.2. The van der Waals surface area contributed by atoms with Crippen LogP contribution in [0.25, 0.3) is 0 Å². The Morgan fingerprint density at radius 2 is 1.64 bits per heavy atom. The summed E-state index contributed by atoms with van der Waals surface area (Å²) in [5.41, 5.74) is 1.78. The second-order valence-corrected chi connectivity index (χ2v) is 6.20. The number of benzene rings is 2. The summed E-state index contributed by atoms with van der Waals surface area (Å²) in [6, 6.07) is 18.2. The van der Waals surface area contributed by atoms with Gasteiger partial charge in [0, 0.05) is 6.54 Å². The van der Waals surface area contributed by atoms with Crippen LogP contribution in [-0.4, -0.2) is 39.6 Å². The second kappa shape index (κ2) is 7.44. The Hall–Kier alpha value is -2.73. The van der Waals surface area contributed by atoms with Crippen LogP contribution in [0.2, 0.25) is 0 Å². The minimum atomic E-state index is -1.01. The molecule has 3 rings (SSSR count). The molecule has 1 aliphatic heterocycles. The van der Waals surface area contributed by atoms with E-state index in [9.17, 15) is 14.7 Å². The predicted octanol–water partition coefficient (Wildman–Crippen LogP) is 2.71. The van der Waals surface area contributed by atoms with Crippen molar-refractivity contribution in [1.29, 1.82) is 0 Å². The van der Waals surface area contributed by atoms with E-state index in [1.807, 2.05) is 48.5 Å². The van der Waals surface area contributed by atoms with Crippen molar-refractivity contribution in [3.05, 3.63) is 66.2 Å². The van der Waals surface area contributed by atoms with Crippen molar-refractivity contribution >= 4 is 34.9 Å². The average Bonchev–Trinajstić information content (AvgIpc) is 2.84. The first-order chi connectivity index (χ1) is 12.1. The Kier molecular flexibility index (Phi) is 5.09. The van der Waals surface area contributed by atoms with Gasteiger partial charge in [0.2, 0.25) is 0 Å². The fourth-order valence-corrected chi connectivity index (χ4v) is 3.38. The van der Waals surface area contributed by atoms with Crippen LogP contribution in [0.15, 0.2) is 60.7 Å². The molecule has 1 unspecified atom stereocenters. The van der Waals surface area contributed by atoms with Crippen LogP contribution in [0.5, 0.6) is 0 Å². The molecule has 0 spiro atoms. The van der Waals surface area contributed by atoms with Gasteiger partial charge in [-0.05, 0) is 36.3 Å². The van der Waals surface area contributed by atoms with Crippen LogP contribution in [0, 0.1) is 0 Å². The maximum absolute atomic E-state index is 12.8. The minimum Gasteiger partial charge on any atom is -0.481 e. The summed E-state index contributed by atoms with van der Waals surface area (Å²) in [5, 5.41) is 9.56. The van der Waals surface area contributed by atoms with E-state index in [2.05, 4.69) is 0 Å². The van der Waals surface area contributed by atoms with Gasteiger partial charge in [0.25, 0.3) is 5.91 Å². The Morgan fingerprint density at radius 1 is 1.04 bits per heavy atom. The van der Waals surface area contributed by atoms with E-state index in [0.29, 0.717) is 23.8 Å². The monoisotopic (exact) mass is 354 g/mol. The zero-order chi connectivity index (χ0) is 17.8. The van der Waals surface area contributed by atoms with Crippen molar-refractivity contribution in [1.82, 2.24) is 4.90 Å². The number of carboxylic acid groups (broad SMARTS) is 1. The largest absolute Gasteiger partial charge is 0.481 e. The fourth-order valence-electron chi connectivity index (χ4n) is 2.96. The predicted molar refractivity (Wildman–Crippen MR) is 99.4 cm³/mol. The van der Waals surface area contributed by atoms with Gasteiger partial charge >= 0.3 is 5.97 Å². The van der Waals surface area contributed by atoms with Crippen LogP contribution in [-0.2, 0) is 16.0 Å². The minimum absolute atomic E-state index is 0.267. The van der Waals surface area contributed by atoms with Gasteiger partial charge < -0.3 is 10.0 Å². The number of carbonyl (C=O) groups excluding carboxylic acids is 1. The topological polar surface area (TPSA) is 60.9 Å². The molecule has 1 atom stereocenters. The molecule has 1 saturated heterocycles. The molecule has 2 aromatic carbocycles. The molecule has 1 heterocycles. The van der Waals surface area contributed by atoms with E-state index in [-0.39, 0.29) is 12.3 Å². The zero-order valence-corrected chi connectivity index (χ0v) is 14.4. The maximum Gasteiger partial charge on any atom is 0.305 e. The highest BCUT2D eigenvalue weighted by molar-refractivity contribution is 7.80. The molecule has 1 aliphatic rings. The number of hydrogen-bond acceptors (Lipinski definition) is 3. The molecule has 1 amide bonds. The Morgan fingerprint density at radius 3 is 2.24 bits per heavy atom. The second-order valence-electron chi connectivity index (χ2n) is 5.83. The molecule has 1 N–H and O–H groups in total. The van der Waals surface area contributed by atoms with Gasteiger partial charge in [0.1, 0.15) is 6.04 Å². The Balaban J connectivity index is 1.84. The third-order valence-corrected chi connectivity index (χ3v) is 4.60. The van der Waals surface area contributed by atoms with Gasteiger partial charge in [-0.1, -0.05) is 48.5 Å². The molecular formula is C19H18N2O3S. The fraction of sp³-hybridized carbons (Fsp3) is 0.211. The Bertz CT molecular complexity index is 780. The first kappa shape index (κ1) is 17.1. The number of anilines is 1. The van der Waals surface area contributed by atoms with E-state index in [4.69, 9.17) is 12.2 Å². The average molecular weight is 354 g/mol. The first-order valence-corrected chi connectivity index (χ1v) is 8.44. The maximum atomic E-state index is 12.8. The van der Waals surface area contributed by atoms with Gasteiger partial charge in [0.05, 0.1) is 12.1 Å². The molecular weight excluding hydrogens is 336 g/mol. The molecule has 0 radical (unpaired) electrons. The van der Waals surface area contributed by atoms with Gasteiger partial charge in [-0.15, -0.1) is 0 Å². The highest BCUT2D eigenvalue weighted by Crippen LogP contribution is 2.27. The standard InChI is InChI=1S/C19H18N2O3S/c22-17(23)13-16-18(24)21(15-9-5-2-6-10-15)19(25)20(16)12-11-14-7-3-1-4-8-14/h1-10,16H,11-13H2,(H,22,23). The van der Waals surface area contributed by atoms with E-state index < -0.39 is 12.0 Å². The van der Waals surface area contributed by atoms with Crippen molar-refractivity contribution in [2.24, 2.45) is 0 Å². The summed E-state index contributed by atoms with van der Waals surface area (Å²) in [6.07, 6.45) is 0.421. The van der Waals surface area contributed by atoms with Crippen LogP contribution in [0.3, 0.4) is 0 Å². The van der Waals surface area contributed by atoms with Crippen LogP contribution < -0.4 is 4.90 Å². The Labute approximate surface area is 151 Å². The first-order valence-electron chi connectivity index (χ1n) is 8.03. The molecule has 6 heteroatoms. The lowest BCUT2D eigenvalue weighted by Gasteiger charge is -2.23. The quantitative estimate of drug-likeness (QED) is 0.808. The summed E-state index contributed by atoms with van der Waals surface area (Å²) in [5.74, 6) is -1.30. The highest BCUT2D eigenvalue weighted by atomic mass is 32.1. The van der Waals surface area contributed by atoms with Crippen LogP contribution >= 0.6 is 12.2 Å². The van der Waals surface area contributed by atoms with Gasteiger partial charge in [0.15, 0.2) is 5.11 Å². The van der Waals surface area contributed by atoms with Crippen molar-refractivity contribution < 1.29 is 14.7 Å². The van der Waals surface area contributed by atoms with E-state index >= 15 is 0 Å². The number of carboxylic acids is 1. The van der Waals surface area contributed by atoms with Crippen molar-refractivity contribution in [2.45, 2.75) is 18.9 Å². The van der Waals surface area contributed by atoms with E-state index in [1.54, 1.807) is 17.0 Å². The molecule has 0 aliphatic carbocycles. The van der Waals surface area contributed by atoms with Crippen molar-refractivity contribution in [3.8, 4) is 0 Å². The molecule has 5 nitrogen and oxygen atoms in total. The summed E-state index contributed by atoms with van der Waals surface area (Å²) >= 11 is 5.50. The van der Waals surface area contributed by atoms with Crippen molar-refractivity contribution in [3.63, 3.8) is 0 Å². The highest BCUT2D eigenvalue weighted by Gasteiger charge is 2.43. The lowest BCUT2D eigenvalue weighted by Crippen LogP contribution is -2.38. The molecule has 1 fully saturated rings. The van der Waals surface area contributed by atoms with Crippen molar-refractivity contribution in [2.75, 3.05) is 11.4 Å². The SMILES string of the molecule is O=C(O)CC1C(=O)N(c2ccccc2)C(=S)N1CCc1ccccc1. The number of amides is 1. The molecule has 2 aromatic rings. The van der Waals surface area contributed by atoms with Gasteiger partial charge in [-0.2, -0.15) is 0 Å². The third-order valence-electron chi connectivity index (χ3n) is 4.19. The molecule has 0 saturated carbocycles. The lowest BCUT2D eigenvalue weighted by molar-refractivity contribution is -0.139.